The van der Waals surface area contributed by atoms with Gasteiger partial charge in [-0.25, -0.2) is 9.37 Å². The van der Waals surface area contributed by atoms with Gasteiger partial charge in [0.1, 0.15) is 23.5 Å². The Kier molecular flexibility index (Phi) is 7.35. The number of fused-ring (bicyclic) bond motifs is 2. The highest BCUT2D eigenvalue weighted by Gasteiger charge is 2.43. The molecule has 3 aromatic rings. The first kappa shape index (κ1) is 25.7. The largest absolute Gasteiger partial charge is 0.466 e. The van der Waals surface area contributed by atoms with Crippen molar-refractivity contribution in [3.8, 4) is 0 Å². The molecule has 1 aromatic carbocycles. The van der Waals surface area contributed by atoms with Gasteiger partial charge in [-0.05, 0) is 75.0 Å². The highest BCUT2D eigenvalue weighted by molar-refractivity contribution is 5.98. The van der Waals surface area contributed by atoms with Crippen LogP contribution in [0.3, 0.4) is 0 Å². The zero-order chi connectivity index (χ0) is 26.8. The highest BCUT2D eigenvalue weighted by atomic mass is 19.1. The third kappa shape index (κ3) is 5.23. The molecule has 0 spiro atoms. The number of aryl methyl sites for hydroxylation is 1. The van der Waals surface area contributed by atoms with Gasteiger partial charge in [-0.2, -0.15) is 14.6 Å². The minimum Gasteiger partial charge on any atom is -0.466 e. The van der Waals surface area contributed by atoms with Crippen LogP contribution >= 0.6 is 0 Å². The lowest BCUT2D eigenvalue weighted by molar-refractivity contribution is -0.150. The predicted octanol–water partition coefficient (Wildman–Crippen LogP) is 2.99. The van der Waals surface area contributed by atoms with Crippen LogP contribution in [-0.2, 0) is 16.1 Å². The Morgan fingerprint density at radius 1 is 1.13 bits per heavy atom. The molecule has 2 aromatic heterocycles. The molecule has 4 atom stereocenters. The van der Waals surface area contributed by atoms with E-state index in [0.717, 1.165) is 37.7 Å². The van der Waals surface area contributed by atoms with Crippen LogP contribution in [0.15, 0.2) is 30.6 Å². The molecular weight excluding hydrogens is 491 g/mol. The van der Waals surface area contributed by atoms with Gasteiger partial charge in [0.05, 0.1) is 12.5 Å². The van der Waals surface area contributed by atoms with Crippen molar-refractivity contribution < 1.29 is 23.5 Å². The van der Waals surface area contributed by atoms with Crippen molar-refractivity contribution in [1.29, 1.82) is 0 Å². The summed E-state index contributed by atoms with van der Waals surface area (Å²) in [5, 5.41) is 10.0. The molecular formula is C27H31FN6O4. The van der Waals surface area contributed by atoms with Gasteiger partial charge in [0.2, 0.25) is 0 Å². The number of amides is 2. The molecule has 2 aliphatic carbocycles. The molecule has 2 fully saturated rings. The number of hydrogen-bond donors (Lipinski definition) is 2. The molecule has 2 amide bonds. The number of benzene rings is 1. The Balaban J connectivity index is 1.27. The SMILES string of the molecule is CCOC(=O)C1CC[C@@H]2C(CC[C@@H]2NC(=O)c2cc(C(=O)NCc3ccc(F)c(C)c3)nc3ncnn23)C1. The van der Waals surface area contributed by atoms with Crippen molar-refractivity contribution >= 4 is 23.6 Å². The monoisotopic (exact) mass is 522 g/mol. The van der Waals surface area contributed by atoms with Gasteiger partial charge < -0.3 is 15.4 Å². The number of carbonyl (C=O) groups is 3. The van der Waals surface area contributed by atoms with Crippen LogP contribution in [0, 0.1) is 30.5 Å². The van der Waals surface area contributed by atoms with E-state index in [9.17, 15) is 18.8 Å². The first-order chi connectivity index (χ1) is 18.3. The molecule has 0 aliphatic heterocycles. The molecule has 0 radical (unpaired) electrons. The summed E-state index contributed by atoms with van der Waals surface area (Å²) in [5.74, 6) is -0.544. The lowest BCUT2D eigenvalue weighted by Gasteiger charge is -2.33. The predicted molar refractivity (Wildman–Crippen MR) is 135 cm³/mol. The summed E-state index contributed by atoms with van der Waals surface area (Å²) < 4.78 is 20.1. The Bertz CT molecular complexity index is 1370. The summed E-state index contributed by atoms with van der Waals surface area (Å²) >= 11 is 0. The Morgan fingerprint density at radius 3 is 2.76 bits per heavy atom. The summed E-state index contributed by atoms with van der Waals surface area (Å²) in [7, 11) is 0. The van der Waals surface area contributed by atoms with Crippen LogP contribution in [0.5, 0.6) is 0 Å². The fourth-order valence-electron chi connectivity index (χ4n) is 5.83. The summed E-state index contributed by atoms with van der Waals surface area (Å²) in [6, 6.07) is 6.01. The maximum absolute atomic E-state index is 13.5. The van der Waals surface area contributed by atoms with E-state index in [4.69, 9.17) is 4.74 Å². The van der Waals surface area contributed by atoms with E-state index in [-0.39, 0.29) is 53.4 Å². The topological polar surface area (TPSA) is 128 Å². The number of esters is 1. The standard InChI is InChI=1S/C27H31FN6O4/c1-3-38-26(37)18-5-7-19-17(11-18)6-9-21(19)32-25(36)23-12-22(33-27-30-14-31-34(23)27)24(35)29-13-16-4-8-20(28)15(2)10-16/h4,8,10,12,14,17-19,21H,3,5-7,9,11,13H2,1-2H3,(H,29,35)(H,32,36)/t17?,18?,19-,21+/m1/s1. The zero-order valence-corrected chi connectivity index (χ0v) is 21.4. The normalized spacial score (nSPS) is 22.6. The molecule has 2 N–H and O–H groups in total. The number of carbonyl (C=O) groups excluding carboxylic acids is 3. The van der Waals surface area contributed by atoms with Crippen LogP contribution in [0.4, 0.5) is 4.39 Å². The fraction of sp³-hybridized carbons (Fsp3) is 0.481. The van der Waals surface area contributed by atoms with Crippen LogP contribution in [0.25, 0.3) is 5.78 Å². The maximum atomic E-state index is 13.5. The summed E-state index contributed by atoms with van der Waals surface area (Å²) in [4.78, 5) is 46.8. The molecule has 11 heteroatoms. The fourth-order valence-corrected chi connectivity index (χ4v) is 5.83. The van der Waals surface area contributed by atoms with Crippen LogP contribution in [0.1, 0.15) is 71.1 Å². The van der Waals surface area contributed by atoms with Crippen LogP contribution < -0.4 is 10.6 Å². The zero-order valence-electron chi connectivity index (χ0n) is 21.4. The molecule has 2 unspecified atom stereocenters. The second kappa shape index (κ2) is 10.8. The van der Waals surface area contributed by atoms with E-state index in [0.29, 0.717) is 24.0 Å². The maximum Gasteiger partial charge on any atom is 0.308 e. The van der Waals surface area contributed by atoms with Gasteiger partial charge in [-0.3, -0.25) is 14.4 Å². The van der Waals surface area contributed by atoms with Crippen molar-refractivity contribution in [2.45, 2.75) is 58.5 Å². The van der Waals surface area contributed by atoms with E-state index >= 15 is 0 Å². The van der Waals surface area contributed by atoms with Crippen molar-refractivity contribution in [2.24, 2.45) is 17.8 Å². The Labute approximate surface area is 219 Å². The lowest BCUT2D eigenvalue weighted by atomic mass is 9.75. The molecule has 200 valence electrons. The van der Waals surface area contributed by atoms with Gasteiger partial charge in [0.25, 0.3) is 17.6 Å². The number of ether oxygens (including phenoxy) is 1. The van der Waals surface area contributed by atoms with Gasteiger partial charge in [0, 0.05) is 18.7 Å². The first-order valence-electron chi connectivity index (χ1n) is 13.1. The van der Waals surface area contributed by atoms with Crippen molar-refractivity contribution in [3.05, 3.63) is 58.9 Å². The van der Waals surface area contributed by atoms with E-state index in [2.05, 4.69) is 25.7 Å². The summed E-state index contributed by atoms with van der Waals surface area (Å²) in [6.07, 6.45) is 5.45. The smallest absolute Gasteiger partial charge is 0.308 e. The molecule has 10 nitrogen and oxygen atoms in total. The molecule has 2 saturated carbocycles. The number of hydrogen-bond acceptors (Lipinski definition) is 7. The molecule has 5 rings (SSSR count). The molecule has 2 heterocycles. The van der Waals surface area contributed by atoms with Crippen molar-refractivity contribution in [1.82, 2.24) is 30.2 Å². The number of nitrogens with zero attached hydrogens (tertiary/aromatic N) is 4. The third-order valence-corrected chi connectivity index (χ3v) is 7.74. The summed E-state index contributed by atoms with van der Waals surface area (Å²) in [5.41, 5.74) is 1.43. The first-order valence-corrected chi connectivity index (χ1v) is 13.1. The number of rotatable bonds is 7. The minimum absolute atomic E-state index is 0.0265. The molecule has 0 saturated heterocycles. The quantitative estimate of drug-likeness (QED) is 0.457. The van der Waals surface area contributed by atoms with E-state index < -0.39 is 5.91 Å². The second-order valence-corrected chi connectivity index (χ2v) is 10.1. The Hall–Kier alpha value is -3.89. The van der Waals surface area contributed by atoms with Crippen LogP contribution in [-0.4, -0.2) is 50.0 Å². The minimum atomic E-state index is -0.482. The van der Waals surface area contributed by atoms with E-state index in [1.54, 1.807) is 19.1 Å². The van der Waals surface area contributed by atoms with Gasteiger partial charge >= 0.3 is 5.97 Å². The van der Waals surface area contributed by atoms with Gasteiger partial charge in [0.15, 0.2) is 0 Å². The van der Waals surface area contributed by atoms with Gasteiger partial charge in [-0.1, -0.05) is 12.1 Å². The van der Waals surface area contributed by atoms with Crippen molar-refractivity contribution in [2.75, 3.05) is 6.61 Å². The lowest BCUT2D eigenvalue weighted by Crippen LogP contribution is -2.41. The number of nitrogens with one attached hydrogen (secondary N) is 2. The molecule has 0 bridgehead atoms. The average molecular weight is 523 g/mol. The average Bonchev–Trinajstić information content (AvgIpc) is 3.55. The van der Waals surface area contributed by atoms with Crippen molar-refractivity contribution in [3.63, 3.8) is 0 Å². The van der Waals surface area contributed by atoms with E-state index in [1.165, 1.54) is 23.0 Å². The number of halogens is 1. The van der Waals surface area contributed by atoms with Crippen LogP contribution in [0.2, 0.25) is 0 Å². The Morgan fingerprint density at radius 2 is 1.97 bits per heavy atom. The number of aromatic nitrogens is 4. The molecule has 2 aliphatic rings. The van der Waals surface area contributed by atoms with Gasteiger partial charge in [-0.15, -0.1) is 0 Å². The third-order valence-electron chi connectivity index (χ3n) is 7.74. The summed E-state index contributed by atoms with van der Waals surface area (Å²) in [6.45, 7) is 4.04. The molecule has 38 heavy (non-hydrogen) atoms. The highest BCUT2D eigenvalue weighted by Crippen LogP contribution is 2.44. The second-order valence-electron chi connectivity index (χ2n) is 10.1. The van der Waals surface area contributed by atoms with E-state index in [1.807, 2.05) is 6.92 Å².